The second-order valence-electron chi connectivity index (χ2n) is 4.76. The predicted octanol–water partition coefficient (Wildman–Crippen LogP) is 1.09. The van der Waals surface area contributed by atoms with Gasteiger partial charge in [0.15, 0.2) is 0 Å². The molecule has 78 valence electrons. The first kappa shape index (κ1) is 10.0. The van der Waals surface area contributed by atoms with Gasteiger partial charge in [-0.25, -0.2) is 0 Å². The lowest BCUT2D eigenvalue weighted by molar-refractivity contribution is 0.273. The Morgan fingerprint density at radius 2 is 2.36 bits per heavy atom. The van der Waals surface area contributed by atoms with Crippen molar-refractivity contribution in [2.45, 2.75) is 25.7 Å². The second-order valence-corrected chi connectivity index (χ2v) is 4.76. The first-order chi connectivity index (χ1) is 6.85. The zero-order chi connectivity index (χ0) is 9.86. The standard InChI is InChI=1S/C12H20N2/c1-2-3-4-8-14-9-6-12(11-14)5-7-13-10-12/h1,13H,3-11H2. The maximum absolute atomic E-state index is 5.25. The molecule has 1 spiro atoms. The molecular weight excluding hydrogens is 172 g/mol. The fourth-order valence-electron chi connectivity index (χ4n) is 2.77. The van der Waals surface area contributed by atoms with E-state index in [0.717, 1.165) is 6.42 Å². The average Bonchev–Trinajstić information content (AvgIpc) is 2.79. The Morgan fingerprint density at radius 1 is 1.43 bits per heavy atom. The van der Waals surface area contributed by atoms with Gasteiger partial charge < -0.3 is 10.2 Å². The molecule has 2 fully saturated rings. The number of hydrogen-bond donors (Lipinski definition) is 1. The van der Waals surface area contributed by atoms with E-state index < -0.39 is 0 Å². The lowest BCUT2D eigenvalue weighted by Gasteiger charge is -2.22. The summed E-state index contributed by atoms with van der Waals surface area (Å²) < 4.78 is 0. The largest absolute Gasteiger partial charge is 0.316 e. The van der Waals surface area contributed by atoms with Crippen LogP contribution in [0.25, 0.3) is 0 Å². The van der Waals surface area contributed by atoms with Crippen molar-refractivity contribution >= 4 is 0 Å². The predicted molar refractivity (Wildman–Crippen MR) is 59.0 cm³/mol. The number of nitrogens with one attached hydrogen (secondary N) is 1. The minimum absolute atomic E-state index is 0.621. The molecular formula is C12H20N2. The molecule has 0 bridgehead atoms. The van der Waals surface area contributed by atoms with Crippen LogP contribution in [-0.4, -0.2) is 37.6 Å². The summed E-state index contributed by atoms with van der Waals surface area (Å²) in [6, 6.07) is 0. The van der Waals surface area contributed by atoms with Gasteiger partial charge >= 0.3 is 0 Å². The Morgan fingerprint density at radius 3 is 3.07 bits per heavy atom. The minimum atomic E-state index is 0.621. The van der Waals surface area contributed by atoms with Crippen molar-refractivity contribution in [3.63, 3.8) is 0 Å². The summed E-state index contributed by atoms with van der Waals surface area (Å²) in [5.41, 5.74) is 0.621. The van der Waals surface area contributed by atoms with Gasteiger partial charge in [-0.15, -0.1) is 12.3 Å². The van der Waals surface area contributed by atoms with Crippen molar-refractivity contribution in [2.24, 2.45) is 5.41 Å². The van der Waals surface area contributed by atoms with Crippen LogP contribution in [0.2, 0.25) is 0 Å². The molecule has 0 aromatic rings. The molecule has 0 saturated carbocycles. The van der Waals surface area contributed by atoms with Crippen molar-refractivity contribution in [3.05, 3.63) is 0 Å². The first-order valence-corrected chi connectivity index (χ1v) is 5.71. The molecule has 0 aromatic heterocycles. The van der Waals surface area contributed by atoms with E-state index in [1.807, 2.05) is 0 Å². The van der Waals surface area contributed by atoms with Crippen LogP contribution in [0.5, 0.6) is 0 Å². The van der Waals surface area contributed by atoms with Crippen molar-refractivity contribution in [1.29, 1.82) is 0 Å². The molecule has 2 aliphatic rings. The molecule has 0 aromatic carbocycles. The fraction of sp³-hybridized carbons (Fsp3) is 0.833. The quantitative estimate of drug-likeness (QED) is 0.532. The van der Waals surface area contributed by atoms with Crippen molar-refractivity contribution in [1.82, 2.24) is 10.2 Å². The van der Waals surface area contributed by atoms with Gasteiger partial charge in [-0.3, -0.25) is 0 Å². The maximum atomic E-state index is 5.25. The normalized spacial score (nSPS) is 32.5. The van der Waals surface area contributed by atoms with E-state index in [1.165, 1.54) is 52.0 Å². The molecule has 0 aliphatic carbocycles. The molecule has 2 saturated heterocycles. The van der Waals surface area contributed by atoms with Crippen LogP contribution in [0.3, 0.4) is 0 Å². The Balaban J connectivity index is 1.74. The van der Waals surface area contributed by atoms with Crippen LogP contribution in [0.1, 0.15) is 25.7 Å². The zero-order valence-electron chi connectivity index (χ0n) is 8.89. The van der Waals surface area contributed by atoms with Gasteiger partial charge in [-0.05, 0) is 44.3 Å². The molecule has 2 heteroatoms. The number of unbranched alkanes of at least 4 members (excludes halogenated alkanes) is 1. The summed E-state index contributed by atoms with van der Waals surface area (Å²) in [7, 11) is 0. The minimum Gasteiger partial charge on any atom is -0.316 e. The highest BCUT2D eigenvalue weighted by Gasteiger charge is 2.39. The third-order valence-electron chi connectivity index (χ3n) is 3.64. The van der Waals surface area contributed by atoms with Crippen molar-refractivity contribution in [2.75, 3.05) is 32.7 Å². The molecule has 2 heterocycles. The summed E-state index contributed by atoms with van der Waals surface area (Å²) in [6.07, 6.45) is 10.1. The highest BCUT2D eigenvalue weighted by atomic mass is 15.2. The highest BCUT2D eigenvalue weighted by molar-refractivity contribution is 4.95. The van der Waals surface area contributed by atoms with E-state index in [1.54, 1.807) is 0 Å². The van der Waals surface area contributed by atoms with Gasteiger partial charge in [-0.1, -0.05) is 0 Å². The maximum Gasteiger partial charge on any atom is 0.00982 e. The van der Waals surface area contributed by atoms with Crippen LogP contribution >= 0.6 is 0 Å². The molecule has 1 unspecified atom stereocenters. The third kappa shape index (κ3) is 2.10. The van der Waals surface area contributed by atoms with Crippen molar-refractivity contribution < 1.29 is 0 Å². The first-order valence-electron chi connectivity index (χ1n) is 5.71. The average molecular weight is 192 g/mol. The van der Waals surface area contributed by atoms with Gasteiger partial charge in [0.25, 0.3) is 0 Å². The number of likely N-dealkylation sites (tertiary alicyclic amines) is 1. The molecule has 1 atom stereocenters. The molecule has 0 amide bonds. The van der Waals surface area contributed by atoms with Gasteiger partial charge in [0.05, 0.1) is 0 Å². The zero-order valence-corrected chi connectivity index (χ0v) is 8.89. The Kier molecular flexibility index (Phi) is 3.10. The topological polar surface area (TPSA) is 15.3 Å². The molecule has 14 heavy (non-hydrogen) atoms. The molecule has 2 rings (SSSR count). The Hall–Kier alpha value is -0.520. The summed E-state index contributed by atoms with van der Waals surface area (Å²) in [5.74, 6) is 2.71. The second kappa shape index (κ2) is 4.33. The van der Waals surface area contributed by atoms with Gasteiger partial charge in [0, 0.05) is 19.5 Å². The smallest absolute Gasteiger partial charge is 0.00982 e. The molecule has 1 N–H and O–H groups in total. The van der Waals surface area contributed by atoms with Crippen LogP contribution < -0.4 is 5.32 Å². The van der Waals surface area contributed by atoms with Gasteiger partial charge in [0.2, 0.25) is 0 Å². The highest BCUT2D eigenvalue weighted by Crippen LogP contribution is 2.35. The van der Waals surface area contributed by atoms with Crippen LogP contribution in [-0.2, 0) is 0 Å². The van der Waals surface area contributed by atoms with Gasteiger partial charge in [0.1, 0.15) is 0 Å². The number of nitrogens with zero attached hydrogens (tertiary/aromatic N) is 1. The number of rotatable bonds is 3. The summed E-state index contributed by atoms with van der Waals surface area (Å²) in [5, 5.41) is 3.48. The van der Waals surface area contributed by atoms with E-state index in [9.17, 15) is 0 Å². The Bertz CT molecular complexity index is 223. The van der Waals surface area contributed by atoms with E-state index >= 15 is 0 Å². The van der Waals surface area contributed by atoms with Crippen LogP contribution in [0.15, 0.2) is 0 Å². The monoisotopic (exact) mass is 192 g/mol. The van der Waals surface area contributed by atoms with Crippen molar-refractivity contribution in [3.8, 4) is 12.3 Å². The Labute approximate surface area is 87.1 Å². The molecule has 2 nitrogen and oxygen atoms in total. The van der Waals surface area contributed by atoms with Crippen LogP contribution in [0, 0.1) is 17.8 Å². The number of hydrogen-bond acceptors (Lipinski definition) is 2. The van der Waals surface area contributed by atoms with Crippen LogP contribution in [0.4, 0.5) is 0 Å². The third-order valence-corrected chi connectivity index (χ3v) is 3.64. The van der Waals surface area contributed by atoms with E-state index in [0.29, 0.717) is 5.41 Å². The summed E-state index contributed by atoms with van der Waals surface area (Å²) >= 11 is 0. The lowest BCUT2D eigenvalue weighted by Crippen LogP contribution is -2.29. The summed E-state index contributed by atoms with van der Waals surface area (Å²) in [4.78, 5) is 2.59. The van der Waals surface area contributed by atoms with E-state index in [-0.39, 0.29) is 0 Å². The molecule has 0 radical (unpaired) electrons. The van der Waals surface area contributed by atoms with E-state index in [4.69, 9.17) is 6.42 Å². The van der Waals surface area contributed by atoms with Gasteiger partial charge in [-0.2, -0.15) is 0 Å². The fourth-order valence-corrected chi connectivity index (χ4v) is 2.77. The number of terminal acetylenes is 1. The SMILES string of the molecule is C#CCCCN1CCC2(CCNC2)C1. The lowest BCUT2D eigenvalue weighted by atomic mass is 9.87. The molecule has 2 aliphatic heterocycles. The summed E-state index contributed by atoms with van der Waals surface area (Å²) in [6.45, 7) is 6.24. The van der Waals surface area contributed by atoms with E-state index in [2.05, 4.69) is 16.1 Å².